The first-order chi connectivity index (χ1) is 10.2. The maximum Gasteiger partial charge on any atom is 0.249 e. The highest BCUT2D eigenvalue weighted by Crippen LogP contribution is 2.17. The molecule has 6 heteroatoms. The molecule has 2 rings (SSSR count). The molecule has 1 aromatic heterocycles. The number of nitriles is 1. The Hall–Kier alpha value is -2.68. The smallest absolute Gasteiger partial charge is 0.249 e. The van der Waals surface area contributed by atoms with E-state index in [-0.39, 0.29) is 0 Å². The van der Waals surface area contributed by atoms with Crippen molar-refractivity contribution in [2.75, 3.05) is 17.2 Å². The predicted molar refractivity (Wildman–Crippen MR) is 82.2 cm³/mol. The van der Waals surface area contributed by atoms with Gasteiger partial charge in [-0.1, -0.05) is 26.0 Å². The average Bonchev–Trinajstić information content (AvgIpc) is 2.48. The Balaban J connectivity index is 2.06. The van der Waals surface area contributed by atoms with E-state index >= 15 is 0 Å². The number of rotatable bonds is 6. The molecule has 6 nitrogen and oxygen atoms in total. The first-order valence-electron chi connectivity index (χ1n) is 6.89. The minimum absolute atomic E-state index is 0.368. The highest BCUT2D eigenvalue weighted by molar-refractivity contribution is 5.62. The van der Waals surface area contributed by atoms with Crippen LogP contribution in [0.25, 0.3) is 0 Å². The third kappa shape index (κ3) is 4.42. The van der Waals surface area contributed by atoms with E-state index in [9.17, 15) is 0 Å². The van der Waals surface area contributed by atoms with Gasteiger partial charge in [0.25, 0.3) is 0 Å². The number of nitrogens with zero attached hydrogens (tertiary/aromatic N) is 4. The molecule has 0 atom stereocenters. The van der Waals surface area contributed by atoms with Gasteiger partial charge in [0.2, 0.25) is 5.95 Å². The van der Waals surface area contributed by atoms with Gasteiger partial charge in [0, 0.05) is 6.54 Å². The Morgan fingerprint density at radius 2 is 2.10 bits per heavy atom. The van der Waals surface area contributed by atoms with Crippen LogP contribution in [0.3, 0.4) is 0 Å². The van der Waals surface area contributed by atoms with E-state index in [1.54, 1.807) is 18.3 Å². The van der Waals surface area contributed by atoms with Crippen molar-refractivity contribution in [3.05, 3.63) is 36.0 Å². The van der Waals surface area contributed by atoms with Crippen LogP contribution in [0.5, 0.6) is 0 Å². The molecule has 0 saturated heterocycles. The molecule has 0 amide bonds. The fourth-order valence-electron chi connectivity index (χ4n) is 1.74. The van der Waals surface area contributed by atoms with Crippen LogP contribution < -0.4 is 10.6 Å². The summed E-state index contributed by atoms with van der Waals surface area (Å²) in [6.07, 6.45) is 2.64. The van der Waals surface area contributed by atoms with Crippen molar-refractivity contribution in [1.29, 1.82) is 5.26 Å². The molecule has 0 aliphatic carbocycles. The maximum atomic E-state index is 9.06. The molecule has 21 heavy (non-hydrogen) atoms. The molecule has 0 spiro atoms. The van der Waals surface area contributed by atoms with Crippen LogP contribution in [-0.4, -0.2) is 21.7 Å². The molecular formula is C15H18N6. The second-order valence-corrected chi connectivity index (χ2v) is 5.06. The summed E-state index contributed by atoms with van der Waals surface area (Å²) < 4.78 is 0. The molecule has 1 aromatic carbocycles. The summed E-state index contributed by atoms with van der Waals surface area (Å²) in [7, 11) is 0. The van der Waals surface area contributed by atoms with Crippen LogP contribution in [0.15, 0.2) is 30.5 Å². The van der Waals surface area contributed by atoms with Crippen LogP contribution in [0, 0.1) is 17.2 Å². The van der Waals surface area contributed by atoms with E-state index in [0.29, 0.717) is 28.9 Å². The fourth-order valence-corrected chi connectivity index (χ4v) is 1.74. The van der Waals surface area contributed by atoms with Crippen molar-refractivity contribution in [3.8, 4) is 6.07 Å². The lowest BCUT2D eigenvalue weighted by atomic mass is 10.1. The van der Waals surface area contributed by atoms with Crippen LogP contribution in [0.1, 0.15) is 25.8 Å². The minimum atomic E-state index is 0.368. The highest BCUT2D eigenvalue weighted by atomic mass is 15.3. The van der Waals surface area contributed by atoms with Crippen LogP contribution in [0.2, 0.25) is 0 Å². The van der Waals surface area contributed by atoms with Gasteiger partial charge in [0.1, 0.15) is 6.07 Å². The average molecular weight is 282 g/mol. The minimum Gasteiger partial charge on any atom is -0.369 e. The summed E-state index contributed by atoms with van der Waals surface area (Å²) in [5.74, 6) is 1.67. The van der Waals surface area contributed by atoms with Crippen molar-refractivity contribution >= 4 is 17.5 Å². The van der Waals surface area contributed by atoms with Crippen molar-refractivity contribution in [2.24, 2.45) is 5.92 Å². The van der Waals surface area contributed by atoms with Crippen LogP contribution in [-0.2, 0) is 0 Å². The van der Waals surface area contributed by atoms with E-state index in [1.807, 2.05) is 12.1 Å². The molecule has 2 N–H and O–H groups in total. The molecule has 0 radical (unpaired) electrons. The standard InChI is InChI=1S/C15H18N6/c1-11(2)7-8-17-14-10-18-21-15(20-14)19-13-6-4-3-5-12(13)9-16/h3-6,10-11H,7-8H2,1-2H3,(H2,17,19,20,21). The van der Waals surface area contributed by atoms with Crippen LogP contribution >= 0.6 is 0 Å². The largest absolute Gasteiger partial charge is 0.369 e. The zero-order valence-electron chi connectivity index (χ0n) is 12.2. The Morgan fingerprint density at radius 1 is 1.29 bits per heavy atom. The summed E-state index contributed by atoms with van der Waals surface area (Å²) >= 11 is 0. The summed E-state index contributed by atoms with van der Waals surface area (Å²) in [4.78, 5) is 4.34. The second-order valence-electron chi connectivity index (χ2n) is 5.06. The lowest BCUT2D eigenvalue weighted by Crippen LogP contribution is -2.08. The Kier molecular flexibility index (Phi) is 5.04. The van der Waals surface area contributed by atoms with Crippen molar-refractivity contribution in [1.82, 2.24) is 15.2 Å². The van der Waals surface area contributed by atoms with E-state index in [2.05, 4.69) is 45.7 Å². The summed E-state index contributed by atoms with van der Waals surface area (Å²) in [6, 6.07) is 9.33. The third-order valence-electron chi connectivity index (χ3n) is 2.88. The Bertz CT molecular complexity index is 632. The molecule has 0 aliphatic rings. The zero-order chi connectivity index (χ0) is 15.1. The van der Waals surface area contributed by atoms with E-state index < -0.39 is 0 Å². The van der Waals surface area contributed by atoms with Gasteiger partial charge >= 0.3 is 0 Å². The SMILES string of the molecule is CC(C)CCNc1cnnc(Nc2ccccc2C#N)n1. The molecule has 1 heterocycles. The van der Waals surface area contributed by atoms with Gasteiger partial charge in [-0.05, 0) is 24.5 Å². The molecule has 0 unspecified atom stereocenters. The van der Waals surface area contributed by atoms with Crippen molar-refractivity contribution < 1.29 is 0 Å². The number of para-hydroxylation sites is 1. The van der Waals surface area contributed by atoms with Gasteiger partial charge in [-0.3, -0.25) is 0 Å². The van der Waals surface area contributed by atoms with Gasteiger partial charge in [-0.15, -0.1) is 5.10 Å². The highest BCUT2D eigenvalue weighted by Gasteiger charge is 2.05. The molecule has 0 saturated carbocycles. The molecule has 0 fully saturated rings. The Labute approximate surface area is 124 Å². The second kappa shape index (κ2) is 7.20. The molecule has 2 aromatic rings. The van der Waals surface area contributed by atoms with Crippen LogP contribution in [0.4, 0.5) is 17.5 Å². The first-order valence-corrected chi connectivity index (χ1v) is 6.89. The number of hydrogen-bond acceptors (Lipinski definition) is 6. The summed E-state index contributed by atoms with van der Waals surface area (Å²) in [5.41, 5.74) is 1.21. The topological polar surface area (TPSA) is 86.5 Å². The van der Waals surface area contributed by atoms with E-state index in [0.717, 1.165) is 13.0 Å². The normalized spacial score (nSPS) is 10.2. The lowest BCUT2D eigenvalue weighted by molar-refractivity contribution is 0.606. The zero-order valence-corrected chi connectivity index (χ0v) is 12.2. The first kappa shape index (κ1) is 14.7. The van der Waals surface area contributed by atoms with Gasteiger partial charge in [-0.25, -0.2) is 0 Å². The van der Waals surface area contributed by atoms with Crippen molar-refractivity contribution in [2.45, 2.75) is 20.3 Å². The van der Waals surface area contributed by atoms with Gasteiger partial charge in [-0.2, -0.15) is 15.3 Å². The van der Waals surface area contributed by atoms with E-state index in [4.69, 9.17) is 5.26 Å². The Morgan fingerprint density at radius 3 is 2.86 bits per heavy atom. The van der Waals surface area contributed by atoms with Gasteiger partial charge < -0.3 is 10.6 Å². The summed E-state index contributed by atoms with van der Waals surface area (Å²) in [5, 5.41) is 23.1. The number of benzene rings is 1. The van der Waals surface area contributed by atoms with Gasteiger partial charge in [0.05, 0.1) is 17.4 Å². The van der Waals surface area contributed by atoms with Crippen molar-refractivity contribution in [3.63, 3.8) is 0 Å². The fraction of sp³-hybridized carbons (Fsp3) is 0.333. The number of anilines is 3. The monoisotopic (exact) mass is 282 g/mol. The molecular weight excluding hydrogens is 264 g/mol. The number of nitrogens with one attached hydrogen (secondary N) is 2. The summed E-state index contributed by atoms with van der Waals surface area (Å²) in [6.45, 7) is 5.18. The molecule has 0 aliphatic heterocycles. The third-order valence-corrected chi connectivity index (χ3v) is 2.88. The number of hydrogen-bond donors (Lipinski definition) is 2. The maximum absolute atomic E-state index is 9.06. The molecule has 0 bridgehead atoms. The lowest BCUT2D eigenvalue weighted by Gasteiger charge is -2.09. The van der Waals surface area contributed by atoms with Gasteiger partial charge in [0.15, 0.2) is 5.82 Å². The number of aromatic nitrogens is 3. The predicted octanol–water partition coefficient (Wildman–Crippen LogP) is 2.94. The molecule has 108 valence electrons. The van der Waals surface area contributed by atoms with E-state index in [1.165, 1.54) is 0 Å². The quantitative estimate of drug-likeness (QED) is 0.847.